The van der Waals surface area contributed by atoms with Crippen LogP contribution in [0.3, 0.4) is 0 Å². The maximum Gasteiger partial charge on any atom is 0.0963 e. The minimum absolute atomic E-state index is 1.01. The maximum absolute atomic E-state index is 4.22. The van der Waals surface area contributed by atoms with Gasteiger partial charge in [-0.15, -0.1) is 11.8 Å². The SMILES string of the molecule is C=Cc1cnc(SC)cc1C=C.CC.CC. The Morgan fingerprint density at radius 1 is 1.06 bits per heavy atom. The maximum atomic E-state index is 4.22. The molecule has 0 spiro atoms. The quantitative estimate of drug-likeness (QED) is 0.675. The highest BCUT2D eigenvalue weighted by Crippen LogP contribution is 2.17. The molecule has 0 aliphatic heterocycles. The van der Waals surface area contributed by atoms with Crippen molar-refractivity contribution in [1.29, 1.82) is 0 Å². The molecule has 0 aliphatic carbocycles. The van der Waals surface area contributed by atoms with Crippen LogP contribution in [0.15, 0.2) is 30.4 Å². The number of thioether (sulfide) groups is 1. The van der Waals surface area contributed by atoms with Crippen LogP contribution in [0.25, 0.3) is 12.2 Å². The van der Waals surface area contributed by atoms with E-state index in [4.69, 9.17) is 0 Å². The summed E-state index contributed by atoms with van der Waals surface area (Å²) in [5.74, 6) is 0. The molecule has 0 aliphatic rings. The van der Waals surface area contributed by atoms with Gasteiger partial charge in [0, 0.05) is 6.20 Å². The molecule has 0 bridgehead atoms. The van der Waals surface area contributed by atoms with Crippen LogP contribution in [0.1, 0.15) is 38.8 Å². The second-order valence-corrected chi connectivity index (χ2v) is 3.09. The van der Waals surface area contributed by atoms with Crippen molar-refractivity contribution in [3.05, 3.63) is 36.5 Å². The third-order valence-electron chi connectivity index (χ3n) is 1.59. The number of aromatic nitrogens is 1. The summed E-state index contributed by atoms with van der Waals surface area (Å²) < 4.78 is 0. The molecule has 1 aromatic rings. The first-order chi connectivity index (χ1) is 7.81. The van der Waals surface area contributed by atoms with Crippen molar-refractivity contribution in [2.75, 3.05) is 6.26 Å². The van der Waals surface area contributed by atoms with Crippen molar-refractivity contribution in [3.63, 3.8) is 0 Å². The van der Waals surface area contributed by atoms with Crippen molar-refractivity contribution >= 4 is 23.9 Å². The summed E-state index contributed by atoms with van der Waals surface area (Å²) in [4.78, 5) is 4.22. The minimum atomic E-state index is 1.01. The van der Waals surface area contributed by atoms with Crippen molar-refractivity contribution in [3.8, 4) is 0 Å². The summed E-state index contributed by atoms with van der Waals surface area (Å²) >= 11 is 1.62. The van der Waals surface area contributed by atoms with E-state index in [9.17, 15) is 0 Å². The van der Waals surface area contributed by atoms with E-state index in [2.05, 4.69) is 18.1 Å². The molecule has 1 nitrogen and oxygen atoms in total. The minimum Gasteiger partial charge on any atom is -0.249 e. The number of pyridine rings is 1. The zero-order chi connectivity index (χ0) is 13.0. The number of nitrogens with zero attached hydrogens (tertiary/aromatic N) is 1. The molecular formula is C14H23NS. The summed E-state index contributed by atoms with van der Waals surface area (Å²) in [6.45, 7) is 15.4. The summed E-state index contributed by atoms with van der Waals surface area (Å²) in [7, 11) is 0. The molecule has 0 fully saturated rings. The Morgan fingerprint density at radius 3 is 1.94 bits per heavy atom. The van der Waals surface area contributed by atoms with Crippen molar-refractivity contribution in [1.82, 2.24) is 4.98 Å². The van der Waals surface area contributed by atoms with E-state index in [0.717, 1.165) is 16.2 Å². The smallest absolute Gasteiger partial charge is 0.0963 e. The third kappa shape index (κ3) is 5.76. The lowest BCUT2D eigenvalue weighted by Crippen LogP contribution is -1.85. The van der Waals surface area contributed by atoms with E-state index in [0.29, 0.717) is 0 Å². The van der Waals surface area contributed by atoms with Crippen molar-refractivity contribution in [2.45, 2.75) is 32.7 Å². The van der Waals surface area contributed by atoms with Crippen LogP contribution in [0, 0.1) is 0 Å². The molecule has 0 amide bonds. The third-order valence-corrected chi connectivity index (χ3v) is 2.23. The topological polar surface area (TPSA) is 12.9 Å². The molecule has 2 heteroatoms. The van der Waals surface area contributed by atoms with Gasteiger partial charge in [0.2, 0.25) is 0 Å². The van der Waals surface area contributed by atoms with Crippen LogP contribution < -0.4 is 0 Å². The highest BCUT2D eigenvalue weighted by Gasteiger charge is 1.97. The van der Waals surface area contributed by atoms with E-state index in [1.807, 2.05) is 52.3 Å². The van der Waals surface area contributed by atoms with Crippen molar-refractivity contribution in [2.24, 2.45) is 0 Å². The molecule has 90 valence electrons. The van der Waals surface area contributed by atoms with Gasteiger partial charge in [0.15, 0.2) is 0 Å². The Kier molecular flexibility index (Phi) is 13.1. The van der Waals surface area contributed by atoms with Gasteiger partial charge in [0.25, 0.3) is 0 Å². The average Bonchev–Trinajstić information content (AvgIpc) is 2.42. The van der Waals surface area contributed by atoms with Gasteiger partial charge in [0.1, 0.15) is 0 Å². The molecule has 0 aromatic carbocycles. The van der Waals surface area contributed by atoms with Crippen LogP contribution in [-0.4, -0.2) is 11.2 Å². The molecule has 0 atom stereocenters. The lowest BCUT2D eigenvalue weighted by Gasteiger charge is -2.01. The Bertz CT molecular complexity index is 306. The average molecular weight is 237 g/mol. The van der Waals surface area contributed by atoms with Gasteiger partial charge in [-0.1, -0.05) is 53.0 Å². The Balaban J connectivity index is 0. The van der Waals surface area contributed by atoms with Crippen LogP contribution in [0.4, 0.5) is 0 Å². The first-order valence-corrected chi connectivity index (χ1v) is 6.83. The zero-order valence-corrected chi connectivity index (χ0v) is 11.9. The van der Waals surface area contributed by atoms with E-state index in [1.54, 1.807) is 17.8 Å². The molecule has 1 aromatic heterocycles. The predicted octanol–water partition coefficient (Wildman–Crippen LogP) is 5.14. The second kappa shape index (κ2) is 12.1. The fraction of sp³-hybridized carbons (Fsp3) is 0.357. The van der Waals surface area contributed by atoms with Crippen molar-refractivity contribution < 1.29 is 0 Å². The van der Waals surface area contributed by atoms with Crippen LogP contribution in [-0.2, 0) is 0 Å². The summed E-state index contributed by atoms with van der Waals surface area (Å²) in [6, 6.07) is 2.01. The van der Waals surface area contributed by atoms with Gasteiger partial charge >= 0.3 is 0 Å². The summed E-state index contributed by atoms with van der Waals surface area (Å²) in [5, 5.41) is 1.01. The van der Waals surface area contributed by atoms with Gasteiger partial charge in [-0.05, 0) is 23.4 Å². The van der Waals surface area contributed by atoms with Crippen LogP contribution in [0.2, 0.25) is 0 Å². The Hall–Kier alpha value is -1.02. The fourth-order valence-corrected chi connectivity index (χ4v) is 1.32. The van der Waals surface area contributed by atoms with E-state index in [1.165, 1.54) is 0 Å². The van der Waals surface area contributed by atoms with Gasteiger partial charge in [-0.2, -0.15) is 0 Å². The summed E-state index contributed by atoms with van der Waals surface area (Å²) in [5.41, 5.74) is 2.12. The predicted molar refractivity (Wildman–Crippen MR) is 78.9 cm³/mol. The molecule has 0 saturated carbocycles. The van der Waals surface area contributed by atoms with Gasteiger partial charge in [-0.25, -0.2) is 4.98 Å². The highest BCUT2D eigenvalue weighted by atomic mass is 32.2. The van der Waals surface area contributed by atoms with E-state index in [-0.39, 0.29) is 0 Å². The van der Waals surface area contributed by atoms with Crippen LogP contribution in [0.5, 0.6) is 0 Å². The first kappa shape index (κ1) is 17.4. The zero-order valence-electron chi connectivity index (χ0n) is 11.1. The Labute approximate surface area is 105 Å². The van der Waals surface area contributed by atoms with E-state index < -0.39 is 0 Å². The molecule has 0 saturated heterocycles. The Morgan fingerprint density at radius 2 is 1.56 bits per heavy atom. The largest absolute Gasteiger partial charge is 0.249 e. The van der Waals surface area contributed by atoms with Gasteiger partial charge in [0.05, 0.1) is 5.03 Å². The van der Waals surface area contributed by atoms with Gasteiger partial charge < -0.3 is 0 Å². The monoisotopic (exact) mass is 237 g/mol. The summed E-state index contributed by atoms with van der Waals surface area (Å²) in [6.07, 6.45) is 7.42. The van der Waals surface area contributed by atoms with E-state index >= 15 is 0 Å². The standard InChI is InChI=1S/C10H11NS.2C2H6/c1-4-8-6-10(12-3)11-7-9(8)5-2;2*1-2/h4-7H,1-2H2,3H3;2*1-2H3. The lowest BCUT2D eigenvalue weighted by molar-refractivity contribution is 1.13. The van der Waals surface area contributed by atoms with Crippen LogP contribution >= 0.6 is 11.8 Å². The molecule has 0 radical (unpaired) electrons. The molecule has 0 unspecified atom stereocenters. The number of hydrogen-bond acceptors (Lipinski definition) is 2. The second-order valence-electron chi connectivity index (χ2n) is 2.26. The molecule has 0 N–H and O–H groups in total. The lowest BCUT2D eigenvalue weighted by atomic mass is 10.1. The highest BCUT2D eigenvalue weighted by molar-refractivity contribution is 7.98. The molecule has 1 rings (SSSR count). The molecule has 16 heavy (non-hydrogen) atoms. The first-order valence-electron chi connectivity index (χ1n) is 5.60. The number of hydrogen-bond donors (Lipinski definition) is 0. The van der Waals surface area contributed by atoms with Gasteiger partial charge in [-0.3, -0.25) is 0 Å². The fourth-order valence-electron chi connectivity index (χ4n) is 0.920. The number of rotatable bonds is 3. The molecule has 1 heterocycles. The molecular weight excluding hydrogens is 214 g/mol. The normalized spacial score (nSPS) is 7.81.